The molecule has 5 heteroatoms. The van der Waals surface area contributed by atoms with E-state index in [0.717, 1.165) is 21.7 Å². The summed E-state index contributed by atoms with van der Waals surface area (Å²) in [4.78, 5) is 18.4. The Balaban J connectivity index is 1.74. The zero-order valence-electron chi connectivity index (χ0n) is 15.1. The van der Waals surface area contributed by atoms with Gasteiger partial charge in [0.2, 0.25) is 0 Å². The molecular formula is C23H17ClN2OS. The van der Waals surface area contributed by atoms with Crippen LogP contribution in [0.3, 0.4) is 0 Å². The number of hydrogen-bond donors (Lipinski definition) is 1. The van der Waals surface area contributed by atoms with E-state index in [0.29, 0.717) is 15.7 Å². The Bertz CT molecular complexity index is 1120. The van der Waals surface area contributed by atoms with E-state index in [1.807, 2.05) is 30.3 Å². The van der Waals surface area contributed by atoms with Gasteiger partial charge in [0.25, 0.3) is 5.91 Å². The number of benzene rings is 3. The predicted octanol–water partition coefficient (Wildman–Crippen LogP) is 6.69. The highest BCUT2D eigenvalue weighted by molar-refractivity contribution is 7.19. The number of carbonyl (C=O) groups is 1. The highest BCUT2D eigenvalue weighted by Gasteiger charge is 2.18. The van der Waals surface area contributed by atoms with Crippen molar-refractivity contribution in [3.63, 3.8) is 0 Å². The van der Waals surface area contributed by atoms with Crippen molar-refractivity contribution < 1.29 is 4.79 Å². The lowest BCUT2D eigenvalue weighted by Gasteiger charge is -2.03. The van der Waals surface area contributed by atoms with Crippen molar-refractivity contribution in [2.45, 2.75) is 6.92 Å². The zero-order valence-corrected chi connectivity index (χ0v) is 16.7. The lowest BCUT2D eigenvalue weighted by Crippen LogP contribution is -2.12. The number of aryl methyl sites for hydroxylation is 1. The lowest BCUT2D eigenvalue weighted by molar-refractivity contribution is 0.102. The minimum atomic E-state index is -0.269. The van der Waals surface area contributed by atoms with E-state index in [1.54, 1.807) is 24.3 Å². The number of carbonyl (C=O) groups excluding carboxylic acids is 1. The quantitative estimate of drug-likeness (QED) is 0.411. The number of amides is 1. The summed E-state index contributed by atoms with van der Waals surface area (Å²) in [5, 5.41) is 3.85. The number of hydrogen-bond acceptors (Lipinski definition) is 3. The predicted molar refractivity (Wildman–Crippen MR) is 117 cm³/mol. The number of aromatic nitrogens is 1. The third-order valence-corrected chi connectivity index (χ3v) is 5.68. The summed E-state index contributed by atoms with van der Waals surface area (Å²) < 4.78 is 0. The van der Waals surface area contributed by atoms with E-state index in [1.165, 1.54) is 16.9 Å². The van der Waals surface area contributed by atoms with Crippen LogP contribution >= 0.6 is 22.9 Å². The third-order valence-electron chi connectivity index (χ3n) is 4.33. The van der Waals surface area contributed by atoms with E-state index >= 15 is 0 Å². The van der Waals surface area contributed by atoms with Crippen LogP contribution < -0.4 is 5.32 Å². The van der Waals surface area contributed by atoms with E-state index in [2.05, 4.69) is 36.5 Å². The fourth-order valence-electron chi connectivity index (χ4n) is 2.88. The van der Waals surface area contributed by atoms with Crippen molar-refractivity contribution in [2.24, 2.45) is 0 Å². The summed E-state index contributed by atoms with van der Waals surface area (Å²) in [6.45, 7) is 2.06. The monoisotopic (exact) mass is 404 g/mol. The highest BCUT2D eigenvalue weighted by Crippen LogP contribution is 2.39. The van der Waals surface area contributed by atoms with Gasteiger partial charge in [-0.3, -0.25) is 10.1 Å². The first-order valence-electron chi connectivity index (χ1n) is 8.81. The van der Waals surface area contributed by atoms with Crippen LogP contribution in [0.2, 0.25) is 5.02 Å². The molecule has 0 bridgehead atoms. The molecule has 0 atom stereocenters. The van der Waals surface area contributed by atoms with E-state index in [4.69, 9.17) is 16.6 Å². The molecule has 3 nitrogen and oxygen atoms in total. The summed E-state index contributed by atoms with van der Waals surface area (Å²) in [6, 6.07) is 25.3. The first-order valence-corrected chi connectivity index (χ1v) is 10.0. The molecule has 1 N–H and O–H groups in total. The summed E-state index contributed by atoms with van der Waals surface area (Å²) in [7, 11) is 0. The molecule has 0 aliphatic carbocycles. The lowest BCUT2D eigenvalue weighted by atomic mass is 10.1. The molecule has 1 heterocycles. The summed E-state index contributed by atoms with van der Waals surface area (Å²) in [5.41, 5.74) is 4.55. The molecule has 138 valence electrons. The van der Waals surface area contributed by atoms with Crippen molar-refractivity contribution in [1.82, 2.24) is 4.98 Å². The van der Waals surface area contributed by atoms with Crippen LogP contribution in [0, 0.1) is 6.92 Å². The van der Waals surface area contributed by atoms with Gasteiger partial charge in [-0.15, -0.1) is 0 Å². The SMILES string of the molecule is Cc1ccc(-c2sc(NC(=O)c3ccccc3Cl)nc2-c2ccccc2)cc1. The standard InChI is InChI=1S/C23H17ClN2OS/c1-15-11-13-17(14-12-15)21-20(16-7-3-2-4-8-16)25-23(28-21)26-22(27)18-9-5-6-10-19(18)24/h2-14H,1H3,(H,25,26,27). The van der Waals surface area contributed by atoms with E-state index in [9.17, 15) is 4.79 Å². The molecule has 0 saturated heterocycles. The largest absolute Gasteiger partial charge is 0.298 e. The van der Waals surface area contributed by atoms with E-state index < -0.39 is 0 Å². The van der Waals surface area contributed by atoms with Crippen molar-refractivity contribution in [1.29, 1.82) is 0 Å². The van der Waals surface area contributed by atoms with Gasteiger partial charge < -0.3 is 0 Å². The second-order valence-electron chi connectivity index (χ2n) is 6.36. The van der Waals surface area contributed by atoms with Crippen LogP contribution in [0.5, 0.6) is 0 Å². The minimum Gasteiger partial charge on any atom is -0.298 e. The van der Waals surface area contributed by atoms with Gasteiger partial charge in [0, 0.05) is 5.56 Å². The second kappa shape index (κ2) is 7.97. The van der Waals surface area contributed by atoms with Gasteiger partial charge in [0.15, 0.2) is 5.13 Å². The Labute approximate surface area is 172 Å². The Morgan fingerprint density at radius 1 is 0.893 bits per heavy atom. The number of nitrogens with one attached hydrogen (secondary N) is 1. The van der Waals surface area contributed by atoms with Gasteiger partial charge in [-0.1, -0.05) is 95.2 Å². The Morgan fingerprint density at radius 2 is 1.57 bits per heavy atom. The van der Waals surface area contributed by atoms with Crippen molar-refractivity contribution in [2.75, 3.05) is 5.32 Å². The van der Waals surface area contributed by atoms with Crippen molar-refractivity contribution in [3.05, 3.63) is 95.0 Å². The van der Waals surface area contributed by atoms with Gasteiger partial charge in [-0.25, -0.2) is 4.98 Å². The van der Waals surface area contributed by atoms with Gasteiger partial charge in [0.1, 0.15) is 0 Å². The molecule has 0 aliphatic rings. The molecule has 0 fully saturated rings. The van der Waals surface area contributed by atoms with Gasteiger partial charge in [-0.2, -0.15) is 0 Å². The van der Waals surface area contributed by atoms with Crippen LogP contribution in [-0.2, 0) is 0 Å². The number of rotatable bonds is 4. The number of thiazole rings is 1. The molecule has 28 heavy (non-hydrogen) atoms. The number of anilines is 1. The Kier molecular flexibility index (Phi) is 5.24. The van der Waals surface area contributed by atoms with Crippen molar-refractivity contribution >= 4 is 34.0 Å². The maximum atomic E-state index is 12.6. The molecule has 3 aromatic carbocycles. The molecule has 1 aromatic heterocycles. The molecule has 0 radical (unpaired) electrons. The smallest absolute Gasteiger partial charge is 0.258 e. The summed E-state index contributed by atoms with van der Waals surface area (Å²) >= 11 is 7.61. The van der Waals surface area contributed by atoms with Gasteiger partial charge in [-0.05, 0) is 24.6 Å². The van der Waals surface area contributed by atoms with Crippen molar-refractivity contribution in [3.8, 4) is 21.7 Å². The fraction of sp³-hybridized carbons (Fsp3) is 0.0435. The second-order valence-corrected chi connectivity index (χ2v) is 7.77. The molecular weight excluding hydrogens is 388 g/mol. The van der Waals surface area contributed by atoms with Crippen LogP contribution in [0.1, 0.15) is 15.9 Å². The Hall–Kier alpha value is -2.95. The fourth-order valence-corrected chi connectivity index (χ4v) is 4.09. The molecule has 4 rings (SSSR count). The van der Waals surface area contributed by atoms with Gasteiger partial charge in [0.05, 0.1) is 21.2 Å². The molecule has 0 unspecified atom stereocenters. The summed E-state index contributed by atoms with van der Waals surface area (Å²) in [6.07, 6.45) is 0. The molecule has 0 aliphatic heterocycles. The van der Waals surface area contributed by atoms with E-state index in [-0.39, 0.29) is 5.91 Å². The zero-order chi connectivity index (χ0) is 19.5. The average molecular weight is 405 g/mol. The topological polar surface area (TPSA) is 42.0 Å². The third kappa shape index (κ3) is 3.84. The van der Waals surface area contributed by atoms with Gasteiger partial charge >= 0.3 is 0 Å². The van der Waals surface area contributed by atoms with Crippen LogP contribution in [0.15, 0.2) is 78.9 Å². The number of nitrogens with zero attached hydrogens (tertiary/aromatic N) is 1. The maximum Gasteiger partial charge on any atom is 0.258 e. The normalized spacial score (nSPS) is 10.6. The molecule has 0 saturated carbocycles. The summed E-state index contributed by atoms with van der Waals surface area (Å²) in [5.74, 6) is -0.269. The van der Waals surface area contributed by atoms with Crippen LogP contribution in [0.4, 0.5) is 5.13 Å². The minimum absolute atomic E-state index is 0.269. The molecule has 4 aromatic rings. The maximum absolute atomic E-state index is 12.6. The number of halogens is 1. The van der Waals surface area contributed by atoms with Crippen LogP contribution in [-0.4, -0.2) is 10.9 Å². The van der Waals surface area contributed by atoms with Crippen LogP contribution in [0.25, 0.3) is 21.7 Å². The first kappa shape index (κ1) is 18.4. The first-order chi connectivity index (χ1) is 13.6. The highest BCUT2D eigenvalue weighted by atomic mass is 35.5. The molecule has 1 amide bonds. The molecule has 0 spiro atoms. The Morgan fingerprint density at radius 3 is 2.29 bits per heavy atom. The average Bonchev–Trinajstić information content (AvgIpc) is 3.13.